The summed E-state index contributed by atoms with van der Waals surface area (Å²) >= 11 is 9.08. The number of aromatic nitrogens is 3. The standard InChI is InChI=1S/C18H10BrClFN3O2/c19-11-2-4-15-10(7-11)8-12(18(25)22-15)17-23-16(26-24-17)6-9-1-3-13(20)14(21)5-9/h1-5,7-8H,6H2,(H,22,25). The van der Waals surface area contributed by atoms with Crippen molar-refractivity contribution in [2.45, 2.75) is 6.42 Å². The molecule has 4 aromatic rings. The molecule has 0 atom stereocenters. The number of fused-ring (bicyclic) bond motifs is 1. The van der Waals surface area contributed by atoms with Gasteiger partial charge in [0.05, 0.1) is 17.0 Å². The van der Waals surface area contributed by atoms with Crippen molar-refractivity contribution in [3.05, 3.63) is 79.6 Å². The predicted octanol–water partition coefficient (Wildman–Crippen LogP) is 4.72. The molecule has 2 aromatic carbocycles. The average molecular weight is 435 g/mol. The van der Waals surface area contributed by atoms with Crippen molar-refractivity contribution in [3.8, 4) is 11.4 Å². The van der Waals surface area contributed by atoms with Crippen LogP contribution in [0.4, 0.5) is 4.39 Å². The Labute approximate surface area is 159 Å². The quantitative estimate of drug-likeness (QED) is 0.506. The summed E-state index contributed by atoms with van der Waals surface area (Å²) < 4.78 is 19.6. The topological polar surface area (TPSA) is 71.8 Å². The van der Waals surface area contributed by atoms with Crippen molar-refractivity contribution in [2.24, 2.45) is 0 Å². The van der Waals surface area contributed by atoms with Gasteiger partial charge in [0.1, 0.15) is 5.82 Å². The van der Waals surface area contributed by atoms with Crippen molar-refractivity contribution in [1.82, 2.24) is 15.1 Å². The lowest BCUT2D eigenvalue weighted by Crippen LogP contribution is -2.09. The van der Waals surface area contributed by atoms with Crippen LogP contribution in [0, 0.1) is 5.82 Å². The Morgan fingerprint density at radius 3 is 2.85 bits per heavy atom. The zero-order valence-electron chi connectivity index (χ0n) is 13.1. The summed E-state index contributed by atoms with van der Waals surface area (Å²) in [4.78, 5) is 19.4. The molecule has 5 nitrogen and oxygen atoms in total. The van der Waals surface area contributed by atoms with E-state index in [-0.39, 0.29) is 28.7 Å². The third-order valence-electron chi connectivity index (χ3n) is 3.85. The van der Waals surface area contributed by atoms with Gasteiger partial charge in [-0.25, -0.2) is 4.39 Å². The molecule has 0 aliphatic heterocycles. The summed E-state index contributed by atoms with van der Waals surface area (Å²) in [5, 5.41) is 4.76. The van der Waals surface area contributed by atoms with E-state index in [2.05, 4.69) is 31.1 Å². The minimum atomic E-state index is -0.513. The number of pyridine rings is 1. The molecule has 8 heteroatoms. The third-order valence-corrected chi connectivity index (χ3v) is 4.65. The predicted molar refractivity (Wildman–Crippen MR) is 99.8 cm³/mol. The second-order valence-electron chi connectivity index (χ2n) is 5.68. The molecule has 0 saturated heterocycles. The number of H-pyrrole nitrogens is 1. The van der Waals surface area contributed by atoms with Gasteiger partial charge in [-0.05, 0) is 42.0 Å². The first-order chi connectivity index (χ1) is 12.5. The van der Waals surface area contributed by atoms with Crippen molar-refractivity contribution in [1.29, 1.82) is 0 Å². The summed E-state index contributed by atoms with van der Waals surface area (Å²) in [7, 11) is 0. The van der Waals surface area contributed by atoms with E-state index in [1.807, 2.05) is 12.1 Å². The molecule has 0 bridgehead atoms. The lowest BCUT2D eigenvalue weighted by molar-refractivity contribution is 0.385. The van der Waals surface area contributed by atoms with Gasteiger partial charge in [0.25, 0.3) is 5.56 Å². The molecular weight excluding hydrogens is 425 g/mol. The SMILES string of the molecule is O=c1[nH]c2ccc(Br)cc2cc1-c1noc(Cc2ccc(Cl)c(F)c2)n1. The molecule has 0 aliphatic carbocycles. The van der Waals surface area contributed by atoms with E-state index in [1.165, 1.54) is 12.1 Å². The third kappa shape index (κ3) is 3.27. The Hall–Kier alpha value is -2.51. The Bertz CT molecular complexity index is 1190. The van der Waals surface area contributed by atoms with Gasteiger partial charge in [-0.2, -0.15) is 4.98 Å². The van der Waals surface area contributed by atoms with Gasteiger partial charge < -0.3 is 9.51 Å². The van der Waals surface area contributed by atoms with E-state index < -0.39 is 5.82 Å². The van der Waals surface area contributed by atoms with Gasteiger partial charge in [-0.3, -0.25) is 4.79 Å². The minimum Gasteiger partial charge on any atom is -0.339 e. The van der Waals surface area contributed by atoms with Crippen LogP contribution in [-0.2, 0) is 6.42 Å². The van der Waals surface area contributed by atoms with Gasteiger partial charge in [0.2, 0.25) is 11.7 Å². The highest BCUT2D eigenvalue weighted by molar-refractivity contribution is 9.10. The number of aromatic amines is 1. The maximum absolute atomic E-state index is 13.5. The normalized spacial score (nSPS) is 11.2. The van der Waals surface area contributed by atoms with Crippen LogP contribution < -0.4 is 5.56 Å². The fraction of sp³-hybridized carbons (Fsp3) is 0.0556. The Balaban J connectivity index is 1.69. The van der Waals surface area contributed by atoms with Gasteiger partial charge in [-0.1, -0.05) is 38.8 Å². The molecule has 0 unspecified atom stereocenters. The highest BCUT2D eigenvalue weighted by Crippen LogP contribution is 2.22. The molecule has 130 valence electrons. The zero-order chi connectivity index (χ0) is 18.3. The lowest BCUT2D eigenvalue weighted by Gasteiger charge is -2.00. The van der Waals surface area contributed by atoms with Crippen LogP contribution >= 0.6 is 27.5 Å². The maximum Gasteiger partial charge on any atom is 0.259 e. The second-order valence-corrected chi connectivity index (χ2v) is 7.00. The van der Waals surface area contributed by atoms with E-state index >= 15 is 0 Å². The Morgan fingerprint density at radius 2 is 2.04 bits per heavy atom. The average Bonchev–Trinajstić information content (AvgIpc) is 3.06. The molecule has 2 heterocycles. The fourth-order valence-corrected chi connectivity index (χ4v) is 3.10. The van der Waals surface area contributed by atoms with E-state index in [9.17, 15) is 9.18 Å². The van der Waals surface area contributed by atoms with Crippen LogP contribution in [0.25, 0.3) is 22.3 Å². The van der Waals surface area contributed by atoms with E-state index in [1.54, 1.807) is 18.2 Å². The molecule has 26 heavy (non-hydrogen) atoms. The van der Waals surface area contributed by atoms with E-state index in [4.69, 9.17) is 16.1 Å². The number of hydrogen-bond acceptors (Lipinski definition) is 4. The van der Waals surface area contributed by atoms with Crippen molar-refractivity contribution in [3.63, 3.8) is 0 Å². The molecule has 0 fully saturated rings. The molecule has 0 amide bonds. The van der Waals surface area contributed by atoms with Gasteiger partial charge in [0, 0.05) is 15.4 Å². The molecule has 1 N–H and O–H groups in total. The molecule has 2 aromatic heterocycles. The summed E-state index contributed by atoms with van der Waals surface area (Å²) in [5.74, 6) is -0.0616. The summed E-state index contributed by atoms with van der Waals surface area (Å²) in [6.45, 7) is 0. The van der Waals surface area contributed by atoms with Crippen molar-refractivity contribution < 1.29 is 8.91 Å². The molecular formula is C18H10BrClFN3O2. The first kappa shape index (κ1) is 16.9. The van der Waals surface area contributed by atoms with Gasteiger partial charge in [0.15, 0.2) is 0 Å². The first-order valence-electron chi connectivity index (χ1n) is 7.59. The molecule has 0 spiro atoms. The molecule has 0 saturated carbocycles. The van der Waals surface area contributed by atoms with E-state index in [0.29, 0.717) is 16.6 Å². The largest absolute Gasteiger partial charge is 0.339 e. The van der Waals surface area contributed by atoms with Crippen LogP contribution in [0.1, 0.15) is 11.5 Å². The van der Waals surface area contributed by atoms with Crippen molar-refractivity contribution >= 4 is 38.4 Å². The molecule has 0 aliphatic rings. The summed E-state index contributed by atoms with van der Waals surface area (Å²) in [6.07, 6.45) is 0.234. The van der Waals surface area contributed by atoms with Gasteiger partial charge >= 0.3 is 0 Å². The monoisotopic (exact) mass is 433 g/mol. The van der Waals surface area contributed by atoms with Gasteiger partial charge in [-0.15, -0.1) is 0 Å². The zero-order valence-corrected chi connectivity index (χ0v) is 15.4. The number of benzene rings is 2. The lowest BCUT2D eigenvalue weighted by atomic mass is 10.1. The van der Waals surface area contributed by atoms with Crippen LogP contribution in [0.2, 0.25) is 5.02 Å². The van der Waals surface area contributed by atoms with Crippen LogP contribution in [-0.4, -0.2) is 15.1 Å². The van der Waals surface area contributed by atoms with Crippen LogP contribution in [0.5, 0.6) is 0 Å². The van der Waals surface area contributed by atoms with Crippen molar-refractivity contribution in [2.75, 3.05) is 0 Å². The van der Waals surface area contributed by atoms with Crippen LogP contribution in [0.3, 0.4) is 0 Å². The Kier molecular flexibility index (Phi) is 4.34. The number of rotatable bonds is 3. The van der Waals surface area contributed by atoms with E-state index in [0.717, 1.165) is 9.86 Å². The first-order valence-corrected chi connectivity index (χ1v) is 8.76. The molecule has 4 rings (SSSR count). The smallest absolute Gasteiger partial charge is 0.259 e. The maximum atomic E-state index is 13.5. The van der Waals surface area contributed by atoms with Crippen LogP contribution in [0.15, 0.2) is 56.3 Å². The highest BCUT2D eigenvalue weighted by atomic mass is 79.9. The number of hydrogen-bond donors (Lipinski definition) is 1. The Morgan fingerprint density at radius 1 is 1.19 bits per heavy atom. The summed E-state index contributed by atoms with van der Waals surface area (Å²) in [6, 6.07) is 11.7. The minimum absolute atomic E-state index is 0.0498. The fourth-order valence-electron chi connectivity index (χ4n) is 2.60. The number of nitrogens with zero attached hydrogens (tertiary/aromatic N) is 2. The highest BCUT2D eigenvalue weighted by Gasteiger charge is 2.14. The number of nitrogens with one attached hydrogen (secondary N) is 1. The number of halogens is 3. The molecule has 0 radical (unpaired) electrons. The summed E-state index contributed by atoms with van der Waals surface area (Å²) in [5.41, 5.74) is 1.33. The second kappa shape index (κ2) is 6.66.